The van der Waals surface area contributed by atoms with Crippen LogP contribution in [0.25, 0.3) is 0 Å². The van der Waals surface area contributed by atoms with Gasteiger partial charge in [0.25, 0.3) is 0 Å². The Labute approximate surface area is 118 Å². The summed E-state index contributed by atoms with van der Waals surface area (Å²) in [5.74, 6) is 0. The molecule has 2 N–H and O–H groups in total. The Balaban J connectivity index is 2.07. The van der Waals surface area contributed by atoms with Crippen molar-refractivity contribution in [1.82, 2.24) is 15.5 Å². The highest BCUT2D eigenvalue weighted by Gasteiger charge is 2.23. The van der Waals surface area contributed by atoms with Crippen LogP contribution in [0.1, 0.15) is 18.0 Å². The zero-order valence-corrected chi connectivity index (χ0v) is 12.7. The fraction of sp³-hybridized carbons (Fsp3) is 0.571. The highest BCUT2D eigenvalue weighted by molar-refractivity contribution is 9.10. The maximum atomic E-state index is 3.65. The number of rotatable bonds is 4. The molecule has 2 unspecified atom stereocenters. The number of piperazine rings is 1. The fourth-order valence-electron chi connectivity index (χ4n) is 2.56. The van der Waals surface area contributed by atoms with Crippen molar-refractivity contribution in [3.8, 4) is 0 Å². The molecule has 0 aromatic heterocycles. The lowest BCUT2D eigenvalue weighted by molar-refractivity contribution is 0.178. The number of hydrogen-bond donors (Lipinski definition) is 2. The lowest BCUT2D eigenvalue weighted by Gasteiger charge is -2.35. The van der Waals surface area contributed by atoms with Gasteiger partial charge in [-0.25, -0.2) is 0 Å². The van der Waals surface area contributed by atoms with Gasteiger partial charge in [-0.1, -0.05) is 34.1 Å². The Morgan fingerprint density at radius 2 is 2.28 bits per heavy atom. The molecule has 100 valence electrons. The van der Waals surface area contributed by atoms with Crippen molar-refractivity contribution in [2.75, 3.05) is 33.7 Å². The largest absolute Gasteiger partial charge is 0.314 e. The predicted molar refractivity (Wildman–Crippen MR) is 79.8 cm³/mol. The summed E-state index contributed by atoms with van der Waals surface area (Å²) < 4.78 is 1.19. The first kappa shape index (κ1) is 14.0. The summed E-state index contributed by atoms with van der Waals surface area (Å²) in [5, 5.41) is 6.92. The summed E-state index contributed by atoms with van der Waals surface area (Å²) >= 11 is 3.65. The van der Waals surface area contributed by atoms with Gasteiger partial charge in [0.05, 0.1) is 0 Å². The second kappa shape index (κ2) is 6.66. The molecule has 0 amide bonds. The van der Waals surface area contributed by atoms with E-state index in [4.69, 9.17) is 0 Å². The molecule has 0 radical (unpaired) electrons. The van der Waals surface area contributed by atoms with Crippen LogP contribution in [0.15, 0.2) is 28.7 Å². The molecule has 1 aromatic rings. The number of nitrogens with zero attached hydrogens (tertiary/aromatic N) is 1. The molecule has 2 atom stereocenters. The predicted octanol–water partition coefficient (Wildman–Crippen LogP) is 2.00. The number of nitrogens with one attached hydrogen (secondary N) is 2. The first-order chi connectivity index (χ1) is 8.72. The molecule has 1 aromatic carbocycles. The van der Waals surface area contributed by atoms with Gasteiger partial charge in [0.1, 0.15) is 0 Å². The summed E-state index contributed by atoms with van der Waals surface area (Å²) in [7, 11) is 4.26. The molecule has 0 bridgehead atoms. The number of halogens is 1. The van der Waals surface area contributed by atoms with Gasteiger partial charge in [-0.2, -0.15) is 0 Å². The van der Waals surface area contributed by atoms with Crippen molar-refractivity contribution < 1.29 is 0 Å². The van der Waals surface area contributed by atoms with Crippen molar-refractivity contribution in [2.24, 2.45) is 0 Å². The van der Waals surface area contributed by atoms with E-state index >= 15 is 0 Å². The van der Waals surface area contributed by atoms with Crippen molar-refractivity contribution >= 4 is 15.9 Å². The summed E-state index contributed by atoms with van der Waals surface area (Å²) in [4.78, 5) is 2.46. The first-order valence-electron chi connectivity index (χ1n) is 6.55. The van der Waals surface area contributed by atoms with Crippen molar-refractivity contribution in [3.63, 3.8) is 0 Å². The highest BCUT2D eigenvalue weighted by atomic mass is 79.9. The van der Waals surface area contributed by atoms with Gasteiger partial charge in [0.15, 0.2) is 0 Å². The maximum Gasteiger partial charge on any atom is 0.0344 e. The first-order valence-corrected chi connectivity index (χ1v) is 7.34. The van der Waals surface area contributed by atoms with E-state index in [9.17, 15) is 0 Å². The van der Waals surface area contributed by atoms with Gasteiger partial charge >= 0.3 is 0 Å². The lowest BCUT2D eigenvalue weighted by atomic mass is 9.98. The van der Waals surface area contributed by atoms with E-state index in [0.717, 1.165) is 26.1 Å². The Morgan fingerprint density at radius 3 is 2.94 bits per heavy atom. The zero-order chi connectivity index (χ0) is 13.0. The molecule has 0 saturated carbocycles. The molecule has 1 heterocycles. The minimum absolute atomic E-state index is 0.396. The van der Waals surface area contributed by atoms with Crippen LogP contribution in [-0.2, 0) is 0 Å². The minimum atomic E-state index is 0.396. The van der Waals surface area contributed by atoms with Gasteiger partial charge in [-0.3, -0.25) is 0 Å². The van der Waals surface area contributed by atoms with E-state index in [1.165, 1.54) is 10.0 Å². The van der Waals surface area contributed by atoms with Crippen LogP contribution < -0.4 is 10.6 Å². The molecule has 2 rings (SSSR count). The average molecular weight is 312 g/mol. The Hall–Kier alpha value is -0.420. The van der Waals surface area contributed by atoms with Crippen LogP contribution in [0.3, 0.4) is 0 Å². The van der Waals surface area contributed by atoms with E-state index in [1.54, 1.807) is 0 Å². The summed E-state index contributed by atoms with van der Waals surface area (Å²) in [6, 6.07) is 9.47. The normalized spacial score (nSPS) is 22.9. The van der Waals surface area contributed by atoms with Crippen molar-refractivity contribution in [1.29, 1.82) is 0 Å². The number of hydrogen-bond acceptors (Lipinski definition) is 3. The molecule has 1 aliphatic rings. The van der Waals surface area contributed by atoms with Gasteiger partial charge in [0.2, 0.25) is 0 Å². The van der Waals surface area contributed by atoms with Gasteiger partial charge < -0.3 is 15.5 Å². The zero-order valence-electron chi connectivity index (χ0n) is 11.1. The molecule has 1 aliphatic heterocycles. The molecule has 4 heteroatoms. The Kier molecular flexibility index (Phi) is 5.18. The topological polar surface area (TPSA) is 27.3 Å². The quantitative estimate of drug-likeness (QED) is 0.890. The van der Waals surface area contributed by atoms with Crippen LogP contribution in [-0.4, -0.2) is 44.7 Å². The summed E-state index contributed by atoms with van der Waals surface area (Å²) in [6.07, 6.45) is 1.13. The van der Waals surface area contributed by atoms with Crippen LogP contribution in [0.2, 0.25) is 0 Å². The third kappa shape index (κ3) is 3.32. The third-order valence-corrected chi connectivity index (χ3v) is 4.50. The number of likely N-dealkylation sites (N-methyl/N-ethyl adjacent to an activating group) is 1. The molecular formula is C14H22BrN3. The smallest absolute Gasteiger partial charge is 0.0344 e. The van der Waals surface area contributed by atoms with Crippen LogP contribution >= 0.6 is 15.9 Å². The highest BCUT2D eigenvalue weighted by Crippen LogP contribution is 2.27. The van der Waals surface area contributed by atoms with Crippen LogP contribution in [0.4, 0.5) is 0 Å². The van der Waals surface area contributed by atoms with Crippen LogP contribution in [0, 0.1) is 0 Å². The number of benzene rings is 1. The summed E-state index contributed by atoms with van der Waals surface area (Å²) in [6.45, 7) is 3.32. The SMILES string of the molecule is CNC(CC1CNCCN1C)c1ccccc1Br. The standard InChI is InChI=1S/C14H22BrN3/c1-16-14(12-5-3-4-6-13(12)15)9-11-10-17-7-8-18(11)2/h3-6,11,14,16-17H,7-10H2,1-2H3. The van der Waals surface area contributed by atoms with Crippen molar-refractivity contribution in [2.45, 2.75) is 18.5 Å². The summed E-state index contributed by atoms with van der Waals surface area (Å²) in [5.41, 5.74) is 1.35. The Bertz CT molecular complexity index is 383. The van der Waals surface area contributed by atoms with E-state index in [2.05, 4.69) is 62.8 Å². The molecule has 0 aliphatic carbocycles. The lowest BCUT2D eigenvalue weighted by Crippen LogP contribution is -2.50. The molecular weight excluding hydrogens is 290 g/mol. The minimum Gasteiger partial charge on any atom is -0.314 e. The van der Waals surface area contributed by atoms with E-state index in [0.29, 0.717) is 12.1 Å². The maximum absolute atomic E-state index is 3.65. The second-order valence-corrected chi connectivity index (χ2v) is 5.79. The molecule has 18 heavy (non-hydrogen) atoms. The van der Waals surface area contributed by atoms with Gasteiger partial charge in [-0.05, 0) is 32.1 Å². The van der Waals surface area contributed by atoms with Gasteiger partial charge in [-0.15, -0.1) is 0 Å². The van der Waals surface area contributed by atoms with E-state index in [-0.39, 0.29) is 0 Å². The molecule has 1 fully saturated rings. The Morgan fingerprint density at radius 1 is 1.50 bits per heavy atom. The average Bonchev–Trinajstić information content (AvgIpc) is 2.39. The van der Waals surface area contributed by atoms with E-state index in [1.807, 2.05) is 7.05 Å². The third-order valence-electron chi connectivity index (χ3n) is 3.78. The van der Waals surface area contributed by atoms with Crippen molar-refractivity contribution in [3.05, 3.63) is 34.3 Å². The monoisotopic (exact) mass is 311 g/mol. The second-order valence-electron chi connectivity index (χ2n) is 4.94. The molecule has 3 nitrogen and oxygen atoms in total. The fourth-order valence-corrected chi connectivity index (χ4v) is 3.12. The van der Waals surface area contributed by atoms with E-state index < -0.39 is 0 Å². The van der Waals surface area contributed by atoms with Crippen LogP contribution in [0.5, 0.6) is 0 Å². The molecule has 1 saturated heterocycles. The molecule has 0 spiro atoms. The van der Waals surface area contributed by atoms with Gasteiger partial charge in [0, 0.05) is 36.2 Å².